The van der Waals surface area contributed by atoms with Gasteiger partial charge in [0, 0.05) is 0 Å². The Hall–Kier alpha value is -0.820. The van der Waals surface area contributed by atoms with Gasteiger partial charge in [-0.2, -0.15) is 0 Å². The highest BCUT2D eigenvalue weighted by molar-refractivity contribution is 5.19. The van der Waals surface area contributed by atoms with Crippen LogP contribution in [0.1, 0.15) is 50.5 Å². The average molecular weight is 205 g/mol. The maximum Gasteiger partial charge on any atom is -0.00771 e. The summed E-state index contributed by atoms with van der Waals surface area (Å²) in [5, 5.41) is 0. The van der Waals surface area contributed by atoms with Gasteiger partial charge in [-0.3, -0.25) is 0 Å². The van der Waals surface area contributed by atoms with Crippen LogP contribution in [-0.4, -0.2) is 6.54 Å². The van der Waals surface area contributed by atoms with Crippen LogP contribution in [0.3, 0.4) is 0 Å². The van der Waals surface area contributed by atoms with Crippen LogP contribution >= 0.6 is 0 Å². The fourth-order valence-corrected chi connectivity index (χ4v) is 2.02. The average Bonchev–Trinajstić information content (AvgIpc) is 2.30. The standard InChI is InChI=1S/C14H23N/c1-2-3-8-13(11-7-12-15)14-9-5-4-6-10-14/h4-6,9-10,13H,2-3,7-8,11-12,15H2,1H3. The first kappa shape index (κ1) is 12.3. The molecule has 0 fully saturated rings. The lowest BCUT2D eigenvalue weighted by atomic mass is 9.89. The molecule has 0 heterocycles. The Bertz CT molecular complexity index is 235. The number of hydrogen-bond acceptors (Lipinski definition) is 1. The highest BCUT2D eigenvalue weighted by Gasteiger charge is 2.09. The fraction of sp³-hybridized carbons (Fsp3) is 0.571. The van der Waals surface area contributed by atoms with E-state index in [-0.39, 0.29) is 0 Å². The summed E-state index contributed by atoms with van der Waals surface area (Å²) in [5.74, 6) is 0.717. The summed E-state index contributed by atoms with van der Waals surface area (Å²) >= 11 is 0. The summed E-state index contributed by atoms with van der Waals surface area (Å²) in [6.45, 7) is 3.07. The van der Waals surface area contributed by atoms with Gasteiger partial charge in [0.2, 0.25) is 0 Å². The van der Waals surface area contributed by atoms with Crippen molar-refractivity contribution in [3.8, 4) is 0 Å². The Balaban J connectivity index is 2.55. The van der Waals surface area contributed by atoms with Gasteiger partial charge in [-0.1, -0.05) is 50.1 Å². The van der Waals surface area contributed by atoms with Crippen LogP contribution in [0.4, 0.5) is 0 Å². The van der Waals surface area contributed by atoms with Crippen molar-refractivity contribution < 1.29 is 0 Å². The number of unbranched alkanes of at least 4 members (excludes halogenated alkanes) is 1. The SMILES string of the molecule is CCCCC(CCCN)c1ccccc1. The molecule has 1 rings (SSSR count). The molecule has 1 heteroatoms. The third kappa shape index (κ3) is 4.48. The van der Waals surface area contributed by atoms with Crippen LogP contribution in [0.5, 0.6) is 0 Å². The van der Waals surface area contributed by atoms with Crippen LogP contribution in [0, 0.1) is 0 Å². The van der Waals surface area contributed by atoms with E-state index in [4.69, 9.17) is 5.73 Å². The Labute approximate surface area is 93.7 Å². The summed E-state index contributed by atoms with van der Waals surface area (Å²) in [5.41, 5.74) is 7.07. The number of nitrogens with two attached hydrogens (primary N) is 1. The van der Waals surface area contributed by atoms with Gasteiger partial charge < -0.3 is 5.73 Å². The lowest BCUT2D eigenvalue weighted by Crippen LogP contribution is -2.04. The lowest BCUT2D eigenvalue weighted by molar-refractivity contribution is 0.532. The molecule has 1 unspecified atom stereocenters. The smallest absolute Gasteiger partial charge is 0.00771 e. The van der Waals surface area contributed by atoms with Gasteiger partial charge in [0.15, 0.2) is 0 Å². The molecule has 0 bridgehead atoms. The van der Waals surface area contributed by atoms with Crippen molar-refractivity contribution in [2.45, 2.75) is 44.9 Å². The van der Waals surface area contributed by atoms with Crippen LogP contribution in [0.25, 0.3) is 0 Å². The van der Waals surface area contributed by atoms with Gasteiger partial charge in [-0.15, -0.1) is 0 Å². The van der Waals surface area contributed by atoms with Crippen molar-refractivity contribution in [3.05, 3.63) is 35.9 Å². The molecule has 0 spiro atoms. The van der Waals surface area contributed by atoms with Gasteiger partial charge in [-0.25, -0.2) is 0 Å². The molecule has 2 N–H and O–H groups in total. The van der Waals surface area contributed by atoms with Crippen LogP contribution in [0.15, 0.2) is 30.3 Å². The number of benzene rings is 1. The van der Waals surface area contributed by atoms with Gasteiger partial charge >= 0.3 is 0 Å². The van der Waals surface area contributed by atoms with Gasteiger partial charge in [-0.05, 0) is 37.3 Å². The molecule has 0 radical (unpaired) electrons. The highest BCUT2D eigenvalue weighted by Crippen LogP contribution is 2.26. The van der Waals surface area contributed by atoms with Crippen molar-refractivity contribution >= 4 is 0 Å². The molecule has 0 aliphatic rings. The maximum absolute atomic E-state index is 5.58. The summed E-state index contributed by atoms with van der Waals surface area (Å²) in [6, 6.07) is 10.9. The predicted octanol–water partition coefficient (Wildman–Crippen LogP) is 3.70. The van der Waals surface area contributed by atoms with Gasteiger partial charge in [0.05, 0.1) is 0 Å². The largest absolute Gasteiger partial charge is 0.330 e. The van der Waals surface area contributed by atoms with E-state index in [2.05, 4.69) is 37.3 Å². The monoisotopic (exact) mass is 205 g/mol. The Kier molecular flexibility index (Phi) is 6.10. The quantitative estimate of drug-likeness (QED) is 0.721. The zero-order valence-electron chi connectivity index (χ0n) is 9.78. The number of hydrogen-bond donors (Lipinski definition) is 1. The zero-order chi connectivity index (χ0) is 10.9. The molecule has 0 saturated carbocycles. The highest BCUT2D eigenvalue weighted by atomic mass is 14.5. The zero-order valence-corrected chi connectivity index (χ0v) is 9.78. The first-order chi connectivity index (χ1) is 7.38. The van der Waals surface area contributed by atoms with Crippen LogP contribution in [0.2, 0.25) is 0 Å². The molecule has 0 aliphatic heterocycles. The molecule has 0 aromatic heterocycles. The predicted molar refractivity (Wildman–Crippen MR) is 67.0 cm³/mol. The van der Waals surface area contributed by atoms with E-state index in [0.29, 0.717) is 0 Å². The van der Waals surface area contributed by atoms with Crippen molar-refractivity contribution in [2.75, 3.05) is 6.54 Å². The second-order valence-electron chi connectivity index (χ2n) is 4.18. The van der Waals surface area contributed by atoms with E-state index in [9.17, 15) is 0 Å². The minimum absolute atomic E-state index is 0.717. The van der Waals surface area contributed by atoms with Crippen molar-refractivity contribution in [1.29, 1.82) is 0 Å². The van der Waals surface area contributed by atoms with Crippen molar-refractivity contribution in [1.82, 2.24) is 0 Å². The Morgan fingerprint density at radius 1 is 1.07 bits per heavy atom. The lowest BCUT2D eigenvalue weighted by Gasteiger charge is -2.16. The summed E-state index contributed by atoms with van der Waals surface area (Å²) in [6.07, 6.45) is 6.29. The third-order valence-corrected chi connectivity index (χ3v) is 2.93. The number of rotatable bonds is 7. The van der Waals surface area contributed by atoms with Crippen LogP contribution in [-0.2, 0) is 0 Å². The first-order valence-electron chi connectivity index (χ1n) is 6.13. The fourth-order valence-electron chi connectivity index (χ4n) is 2.02. The van der Waals surface area contributed by atoms with E-state index >= 15 is 0 Å². The molecule has 0 amide bonds. The van der Waals surface area contributed by atoms with Crippen molar-refractivity contribution in [2.24, 2.45) is 5.73 Å². The van der Waals surface area contributed by atoms with E-state index < -0.39 is 0 Å². The van der Waals surface area contributed by atoms with E-state index in [1.165, 1.54) is 31.2 Å². The molecular weight excluding hydrogens is 182 g/mol. The van der Waals surface area contributed by atoms with E-state index in [1.807, 2.05) is 0 Å². The van der Waals surface area contributed by atoms with Gasteiger partial charge in [0.1, 0.15) is 0 Å². The molecule has 1 atom stereocenters. The van der Waals surface area contributed by atoms with E-state index in [1.54, 1.807) is 0 Å². The van der Waals surface area contributed by atoms with Crippen molar-refractivity contribution in [3.63, 3.8) is 0 Å². The normalized spacial score (nSPS) is 12.7. The molecule has 15 heavy (non-hydrogen) atoms. The summed E-state index contributed by atoms with van der Waals surface area (Å²) in [4.78, 5) is 0. The molecule has 0 saturated heterocycles. The molecular formula is C14H23N. The second kappa shape index (κ2) is 7.47. The first-order valence-corrected chi connectivity index (χ1v) is 6.13. The third-order valence-electron chi connectivity index (χ3n) is 2.93. The molecule has 1 nitrogen and oxygen atoms in total. The molecule has 0 aliphatic carbocycles. The second-order valence-corrected chi connectivity index (χ2v) is 4.18. The van der Waals surface area contributed by atoms with E-state index in [0.717, 1.165) is 18.9 Å². The molecule has 84 valence electrons. The Morgan fingerprint density at radius 2 is 1.73 bits per heavy atom. The maximum atomic E-state index is 5.58. The minimum Gasteiger partial charge on any atom is -0.330 e. The molecule has 1 aromatic rings. The van der Waals surface area contributed by atoms with Crippen LogP contribution < -0.4 is 5.73 Å². The van der Waals surface area contributed by atoms with Gasteiger partial charge in [0.25, 0.3) is 0 Å². The topological polar surface area (TPSA) is 26.0 Å². The summed E-state index contributed by atoms with van der Waals surface area (Å²) in [7, 11) is 0. The Morgan fingerprint density at radius 3 is 2.33 bits per heavy atom. The summed E-state index contributed by atoms with van der Waals surface area (Å²) < 4.78 is 0. The minimum atomic E-state index is 0.717. The molecule has 1 aromatic carbocycles.